The van der Waals surface area contributed by atoms with E-state index < -0.39 is 10.0 Å². The third-order valence-corrected chi connectivity index (χ3v) is 7.17. The molecule has 1 fully saturated rings. The van der Waals surface area contributed by atoms with Crippen LogP contribution in [0.3, 0.4) is 0 Å². The lowest BCUT2D eigenvalue weighted by Gasteiger charge is -2.22. The number of hydrogen-bond acceptors (Lipinski definition) is 3. The Morgan fingerprint density at radius 1 is 1.27 bits per heavy atom. The van der Waals surface area contributed by atoms with E-state index in [2.05, 4.69) is 0 Å². The fourth-order valence-corrected chi connectivity index (χ4v) is 5.43. The van der Waals surface area contributed by atoms with E-state index >= 15 is 0 Å². The predicted molar refractivity (Wildman–Crippen MR) is 91.3 cm³/mol. The van der Waals surface area contributed by atoms with E-state index in [1.807, 2.05) is 16.8 Å². The molecule has 0 amide bonds. The maximum atomic E-state index is 13.0. The zero-order valence-corrected chi connectivity index (χ0v) is 15.1. The summed E-state index contributed by atoms with van der Waals surface area (Å²) in [6.07, 6.45) is 1.79. The molecule has 0 atom stereocenters. The van der Waals surface area contributed by atoms with E-state index in [0.29, 0.717) is 17.1 Å². The monoisotopic (exact) mass is 375 g/mol. The summed E-state index contributed by atoms with van der Waals surface area (Å²) in [6.45, 7) is 2.16. The van der Waals surface area contributed by atoms with Crippen LogP contribution < -0.4 is 0 Å². The Morgan fingerprint density at radius 3 is 2.59 bits per heavy atom. The van der Waals surface area contributed by atoms with Gasteiger partial charge in [0.1, 0.15) is 4.90 Å². The molecule has 0 spiro atoms. The van der Waals surface area contributed by atoms with Gasteiger partial charge in [-0.1, -0.05) is 23.2 Å². The zero-order valence-electron chi connectivity index (χ0n) is 11.9. The normalized spacial score (nSPS) is 15.5. The van der Waals surface area contributed by atoms with Gasteiger partial charge in [0.15, 0.2) is 0 Å². The van der Waals surface area contributed by atoms with Gasteiger partial charge < -0.3 is 0 Å². The van der Waals surface area contributed by atoms with Crippen molar-refractivity contribution < 1.29 is 8.42 Å². The Kier molecular flexibility index (Phi) is 4.54. The molecule has 2 aromatic rings. The number of rotatable bonds is 5. The van der Waals surface area contributed by atoms with Gasteiger partial charge in [-0.3, -0.25) is 0 Å². The fourth-order valence-electron chi connectivity index (χ4n) is 2.29. The molecule has 3 nitrogen and oxygen atoms in total. The van der Waals surface area contributed by atoms with Gasteiger partial charge in [0.25, 0.3) is 0 Å². The molecule has 118 valence electrons. The quantitative estimate of drug-likeness (QED) is 0.758. The van der Waals surface area contributed by atoms with E-state index in [1.54, 1.807) is 28.6 Å². The van der Waals surface area contributed by atoms with Crippen LogP contribution in [0.4, 0.5) is 0 Å². The van der Waals surface area contributed by atoms with Crippen LogP contribution in [0.15, 0.2) is 33.9 Å². The van der Waals surface area contributed by atoms with Crippen LogP contribution >= 0.6 is 34.5 Å². The minimum atomic E-state index is -3.64. The number of thiophene rings is 1. The smallest absolute Gasteiger partial charge is 0.207 e. The van der Waals surface area contributed by atoms with Crippen molar-refractivity contribution >= 4 is 44.6 Å². The summed E-state index contributed by atoms with van der Waals surface area (Å²) in [5, 5.41) is 4.57. The van der Waals surface area contributed by atoms with Crippen molar-refractivity contribution in [3.05, 3.63) is 50.1 Å². The number of hydrogen-bond donors (Lipinski definition) is 0. The van der Waals surface area contributed by atoms with Crippen molar-refractivity contribution in [2.75, 3.05) is 0 Å². The molecular weight excluding hydrogens is 361 g/mol. The molecule has 0 bridgehead atoms. The highest BCUT2D eigenvalue weighted by Gasteiger charge is 2.39. The molecular formula is C15H15Cl2NO2S2. The second-order valence-corrected chi connectivity index (χ2v) is 8.90. The van der Waals surface area contributed by atoms with Gasteiger partial charge in [-0.15, -0.1) is 0 Å². The molecule has 7 heteroatoms. The van der Waals surface area contributed by atoms with Crippen LogP contribution in [0.2, 0.25) is 10.0 Å². The minimum absolute atomic E-state index is 0.0666. The lowest BCUT2D eigenvalue weighted by atomic mass is 10.2. The minimum Gasteiger partial charge on any atom is -0.207 e. The van der Waals surface area contributed by atoms with Crippen LogP contribution in [-0.4, -0.2) is 18.8 Å². The maximum Gasteiger partial charge on any atom is 0.245 e. The average Bonchev–Trinajstić information content (AvgIpc) is 3.16. The lowest BCUT2D eigenvalue weighted by molar-refractivity contribution is 0.399. The summed E-state index contributed by atoms with van der Waals surface area (Å²) in [4.78, 5) is 0.137. The highest BCUT2D eigenvalue weighted by molar-refractivity contribution is 7.89. The second kappa shape index (κ2) is 6.13. The van der Waals surface area contributed by atoms with Crippen molar-refractivity contribution in [1.82, 2.24) is 4.31 Å². The molecule has 0 radical (unpaired) electrons. The topological polar surface area (TPSA) is 37.4 Å². The van der Waals surface area contributed by atoms with Gasteiger partial charge >= 0.3 is 0 Å². The van der Waals surface area contributed by atoms with Gasteiger partial charge in [0, 0.05) is 17.6 Å². The Labute approximate surface area is 144 Å². The highest BCUT2D eigenvalue weighted by atomic mass is 35.5. The second-order valence-electron chi connectivity index (χ2n) is 5.44. The summed E-state index contributed by atoms with van der Waals surface area (Å²) in [6, 6.07) is 5.07. The van der Waals surface area contributed by atoms with E-state index in [-0.39, 0.29) is 16.0 Å². The third kappa shape index (κ3) is 3.19. The first-order valence-electron chi connectivity index (χ1n) is 6.88. The first-order valence-corrected chi connectivity index (χ1v) is 10.0. The largest absolute Gasteiger partial charge is 0.245 e. The molecule has 1 saturated carbocycles. The first-order chi connectivity index (χ1) is 10.4. The Balaban J connectivity index is 2.01. The third-order valence-electron chi connectivity index (χ3n) is 3.67. The predicted octanol–water partition coefficient (Wildman–Crippen LogP) is 4.72. The maximum absolute atomic E-state index is 13.0. The van der Waals surface area contributed by atoms with Crippen molar-refractivity contribution in [3.63, 3.8) is 0 Å². The van der Waals surface area contributed by atoms with E-state index in [1.165, 1.54) is 6.07 Å². The average molecular weight is 376 g/mol. The number of sulfonamides is 1. The molecule has 1 aliphatic carbocycles. The molecule has 0 N–H and O–H groups in total. The van der Waals surface area contributed by atoms with Gasteiger partial charge in [-0.2, -0.15) is 15.6 Å². The summed E-state index contributed by atoms with van der Waals surface area (Å²) in [5.41, 5.74) is 1.71. The van der Waals surface area contributed by atoms with Crippen LogP contribution in [0.5, 0.6) is 0 Å². The molecule has 1 aromatic heterocycles. The van der Waals surface area contributed by atoms with Crippen LogP contribution in [0, 0.1) is 6.92 Å². The zero-order chi connectivity index (χ0) is 15.9. The van der Waals surface area contributed by atoms with E-state index in [0.717, 1.165) is 18.4 Å². The first kappa shape index (κ1) is 16.3. The van der Waals surface area contributed by atoms with Crippen LogP contribution in [0.25, 0.3) is 0 Å². The lowest BCUT2D eigenvalue weighted by Crippen LogP contribution is -2.32. The summed E-state index contributed by atoms with van der Waals surface area (Å²) < 4.78 is 27.6. The molecule has 3 rings (SSSR count). The molecule has 1 aliphatic rings. The summed E-state index contributed by atoms with van der Waals surface area (Å²) in [7, 11) is -3.64. The van der Waals surface area contributed by atoms with Gasteiger partial charge in [-0.25, -0.2) is 8.42 Å². The van der Waals surface area contributed by atoms with Crippen molar-refractivity contribution in [2.45, 2.75) is 37.2 Å². The number of halogens is 2. The summed E-state index contributed by atoms with van der Waals surface area (Å²) >= 11 is 13.7. The molecule has 1 heterocycles. The number of benzene rings is 1. The van der Waals surface area contributed by atoms with Gasteiger partial charge in [-0.05, 0) is 59.9 Å². The molecule has 22 heavy (non-hydrogen) atoms. The van der Waals surface area contributed by atoms with Crippen molar-refractivity contribution in [1.29, 1.82) is 0 Å². The van der Waals surface area contributed by atoms with E-state index in [9.17, 15) is 8.42 Å². The molecule has 0 aliphatic heterocycles. The Morgan fingerprint density at radius 2 is 2.00 bits per heavy atom. The number of aryl methyl sites for hydroxylation is 1. The standard InChI is InChI=1S/C15H15Cl2NO2S2/c1-10-6-15(14(17)7-13(10)16)22(19,20)18(12-2-3-12)8-11-4-5-21-9-11/h4-7,9,12H,2-3,8H2,1H3. The molecule has 0 unspecified atom stereocenters. The van der Waals surface area contributed by atoms with Crippen molar-refractivity contribution in [2.24, 2.45) is 0 Å². The Bertz CT molecular complexity index is 784. The number of nitrogens with zero attached hydrogens (tertiary/aromatic N) is 1. The van der Waals surface area contributed by atoms with Gasteiger partial charge in [0.2, 0.25) is 10.0 Å². The fraction of sp³-hybridized carbons (Fsp3) is 0.333. The SMILES string of the molecule is Cc1cc(S(=O)(=O)N(Cc2ccsc2)C2CC2)c(Cl)cc1Cl. The highest BCUT2D eigenvalue weighted by Crippen LogP contribution is 2.37. The van der Waals surface area contributed by atoms with Gasteiger partial charge in [0.05, 0.1) is 5.02 Å². The molecule has 1 aromatic carbocycles. The van der Waals surface area contributed by atoms with Crippen LogP contribution in [0.1, 0.15) is 24.0 Å². The van der Waals surface area contributed by atoms with E-state index in [4.69, 9.17) is 23.2 Å². The Hall–Kier alpha value is -0.590. The summed E-state index contributed by atoms with van der Waals surface area (Å²) in [5.74, 6) is 0. The van der Waals surface area contributed by atoms with Crippen LogP contribution in [-0.2, 0) is 16.6 Å². The molecule has 0 saturated heterocycles. The van der Waals surface area contributed by atoms with Crippen molar-refractivity contribution in [3.8, 4) is 0 Å².